The minimum absolute atomic E-state index is 0.0687. The Morgan fingerprint density at radius 3 is 2.26 bits per heavy atom. The minimum atomic E-state index is -0.670. The van der Waals surface area contributed by atoms with Gasteiger partial charge in [0.25, 0.3) is 5.91 Å². The lowest BCUT2D eigenvalue weighted by Crippen LogP contribution is -2.59. The molecule has 0 bridgehead atoms. The lowest BCUT2D eigenvalue weighted by Gasteiger charge is -2.39. The van der Waals surface area contributed by atoms with E-state index < -0.39 is 24.1 Å². The molecule has 0 fully saturated rings. The van der Waals surface area contributed by atoms with Gasteiger partial charge in [0, 0.05) is 37.0 Å². The van der Waals surface area contributed by atoms with Gasteiger partial charge in [-0.3, -0.25) is 19.2 Å². The molecular weight excluding hydrogens is 691 g/mol. The van der Waals surface area contributed by atoms with Gasteiger partial charge in [0.2, 0.25) is 11.8 Å². The van der Waals surface area contributed by atoms with Crippen molar-refractivity contribution in [1.82, 2.24) is 25.8 Å². The summed E-state index contributed by atoms with van der Waals surface area (Å²) < 4.78 is 11.5. The topological polar surface area (TPSA) is 139 Å². The number of aromatic nitrogens is 1. The highest BCUT2D eigenvalue weighted by atomic mass is 32.1. The molecule has 11 nitrogen and oxygen atoms in total. The van der Waals surface area contributed by atoms with E-state index in [0.29, 0.717) is 43.1 Å². The number of hydrogen-bond donors (Lipinski definition) is 3. The monoisotopic (exact) mass is 755 g/mol. The molecule has 0 aliphatic heterocycles. The van der Waals surface area contributed by atoms with Crippen molar-refractivity contribution < 1.29 is 28.7 Å². The van der Waals surface area contributed by atoms with Crippen LogP contribution in [-0.4, -0.2) is 85.1 Å². The van der Waals surface area contributed by atoms with E-state index in [4.69, 9.17) is 14.5 Å². The first-order valence-electron chi connectivity index (χ1n) is 19.7. The summed E-state index contributed by atoms with van der Waals surface area (Å²) in [5.74, 6) is -1.19. The van der Waals surface area contributed by atoms with E-state index in [0.717, 1.165) is 36.8 Å². The van der Waals surface area contributed by atoms with Crippen LogP contribution in [-0.2, 0) is 30.3 Å². The smallest absolute Gasteiger partial charge is 0.313 e. The molecule has 53 heavy (non-hydrogen) atoms. The molecule has 3 rings (SSSR count). The Kier molecular flexibility index (Phi) is 17.9. The minimum Gasteiger partial charge on any atom is -0.469 e. The van der Waals surface area contributed by atoms with Gasteiger partial charge >= 0.3 is 5.97 Å². The van der Waals surface area contributed by atoms with Crippen molar-refractivity contribution in [3.05, 3.63) is 51.5 Å². The summed E-state index contributed by atoms with van der Waals surface area (Å²) in [5, 5.41) is 11.9. The second kappa shape index (κ2) is 21.5. The number of thiazole rings is 1. The number of esters is 1. The number of ether oxygens (including phenoxy) is 2. The van der Waals surface area contributed by atoms with Crippen LogP contribution in [0.3, 0.4) is 0 Å². The molecule has 1 aromatic carbocycles. The maximum atomic E-state index is 14.6. The van der Waals surface area contributed by atoms with Crippen LogP contribution in [0.4, 0.5) is 0 Å². The molecule has 2 aromatic rings. The van der Waals surface area contributed by atoms with Gasteiger partial charge in [-0.15, -0.1) is 11.3 Å². The van der Waals surface area contributed by atoms with Crippen LogP contribution in [0, 0.1) is 17.8 Å². The molecule has 3 N–H and O–H groups in total. The van der Waals surface area contributed by atoms with Crippen LogP contribution < -0.4 is 16.0 Å². The van der Waals surface area contributed by atoms with E-state index in [1.165, 1.54) is 18.4 Å². The van der Waals surface area contributed by atoms with Crippen molar-refractivity contribution in [1.29, 1.82) is 0 Å². The summed E-state index contributed by atoms with van der Waals surface area (Å²) >= 11 is 1.38. The number of fused-ring (bicyclic) bond motifs is 1. The molecule has 8 atom stereocenters. The van der Waals surface area contributed by atoms with Crippen molar-refractivity contribution in [2.24, 2.45) is 17.8 Å². The first kappa shape index (κ1) is 44.0. The second-order valence-electron chi connectivity index (χ2n) is 14.9. The van der Waals surface area contributed by atoms with Crippen LogP contribution >= 0.6 is 11.3 Å². The highest BCUT2D eigenvalue weighted by molar-refractivity contribution is 7.09. The third kappa shape index (κ3) is 11.6. The Labute approximate surface area is 321 Å². The zero-order chi connectivity index (χ0) is 39.2. The lowest BCUT2D eigenvalue weighted by molar-refractivity contribution is -0.143. The van der Waals surface area contributed by atoms with Crippen molar-refractivity contribution in [3.8, 4) is 0 Å². The molecule has 0 radical (unpaired) electrons. The number of carbonyl (C=O) groups is 4. The molecule has 0 spiro atoms. The number of carbonyl (C=O) groups excluding carboxylic acids is 4. The highest BCUT2D eigenvalue weighted by Crippen LogP contribution is 2.34. The summed E-state index contributed by atoms with van der Waals surface area (Å²) in [6, 6.07) is 6.26. The molecule has 0 saturated carbocycles. The number of rotatable bonds is 21. The Balaban J connectivity index is 1.86. The Morgan fingerprint density at radius 1 is 0.981 bits per heavy atom. The maximum absolute atomic E-state index is 14.6. The third-order valence-electron chi connectivity index (χ3n) is 10.7. The summed E-state index contributed by atoms with van der Waals surface area (Å²) in [5.41, 5.74) is 2.26. The van der Waals surface area contributed by atoms with E-state index in [-0.39, 0.29) is 53.5 Å². The predicted octanol–water partition coefficient (Wildman–Crippen LogP) is 6.43. The average molecular weight is 756 g/mol. The SMILES string of the molecule is CCCO[C@H](C[C@H](C(C)C)N(CCC)C(=O)[C@@H](NC(=O)[C@@H](NC)[C@@H](C)CC)[C@@H](C)CC)c1nc(C(=O)N[C@H]2Cc3ccccc3[C@H](C(=O)OC)C2)cs1. The second-order valence-corrected chi connectivity index (χ2v) is 15.8. The van der Waals surface area contributed by atoms with Gasteiger partial charge in [0.05, 0.1) is 19.1 Å². The molecule has 12 heteroatoms. The molecule has 1 aromatic heterocycles. The standard InChI is InChI=1S/C41H65N5O6S/c1-11-19-46(40(49)36(27(8)14-4)45-38(48)35(42-9)26(7)13-3)33(25(5)6)23-34(52-20-12-2)39-44-32(24-53-39)37(47)43-29-21-28-17-15-16-18-30(28)31(22-29)41(50)51-10/h15-18,24-27,29,31,33-36,42H,11-14,19-23H2,1-10H3,(H,43,47)(H,45,48)/t26-,27-,29-,31+,33+,34+,35-,36-/m0/s1. The highest BCUT2D eigenvalue weighted by Gasteiger charge is 2.38. The molecule has 3 amide bonds. The molecule has 1 heterocycles. The normalized spacial score (nSPS) is 18.9. The largest absolute Gasteiger partial charge is 0.469 e. The zero-order valence-corrected chi connectivity index (χ0v) is 34.5. The van der Waals surface area contributed by atoms with Crippen LogP contribution in [0.25, 0.3) is 0 Å². The van der Waals surface area contributed by atoms with Gasteiger partial charge in [0.15, 0.2) is 0 Å². The first-order valence-corrected chi connectivity index (χ1v) is 20.5. The quantitative estimate of drug-likeness (QED) is 0.124. The number of amides is 3. The van der Waals surface area contributed by atoms with E-state index in [9.17, 15) is 19.2 Å². The van der Waals surface area contributed by atoms with Gasteiger partial charge in [-0.2, -0.15) is 0 Å². The van der Waals surface area contributed by atoms with Crippen LogP contribution in [0.15, 0.2) is 29.6 Å². The predicted molar refractivity (Wildman–Crippen MR) is 211 cm³/mol. The number of nitrogens with zero attached hydrogens (tertiary/aromatic N) is 2. The number of nitrogens with one attached hydrogen (secondary N) is 3. The van der Waals surface area contributed by atoms with E-state index in [1.54, 1.807) is 12.4 Å². The van der Waals surface area contributed by atoms with E-state index in [2.05, 4.69) is 43.6 Å². The van der Waals surface area contributed by atoms with Gasteiger partial charge in [0.1, 0.15) is 22.8 Å². The average Bonchev–Trinajstić information content (AvgIpc) is 3.66. The summed E-state index contributed by atoms with van der Waals surface area (Å²) in [4.78, 5) is 61.2. The van der Waals surface area contributed by atoms with Crippen molar-refractivity contribution >= 4 is 35.0 Å². The Bertz CT molecular complexity index is 1480. The molecule has 0 saturated heterocycles. The van der Waals surface area contributed by atoms with Crippen LogP contribution in [0.2, 0.25) is 0 Å². The fourth-order valence-corrected chi connectivity index (χ4v) is 8.13. The molecular formula is C41H65N5O6S. The molecule has 1 aliphatic carbocycles. The van der Waals surface area contributed by atoms with E-state index >= 15 is 0 Å². The van der Waals surface area contributed by atoms with Crippen molar-refractivity contribution in [2.75, 3.05) is 27.3 Å². The van der Waals surface area contributed by atoms with Crippen molar-refractivity contribution in [2.45, 2.75) is 137 Å². The maximum Gasteiger partial charge on any atom is 0.313 e. The Hall–Kier alpha value is -3.35. The lowest BCUT2D eigenvalue weighted by atomic mass is 9.80. The van der Waals surface area contributed by atoms with Gasteiger partial charge in [-0.25, -0.2) is 4.98 Å². The van der Waals surface area contributed by atoms with Gasteiger partial charge in [-0.1, -0.05) is 92.5 Å². The number of methoxy groups -OCH3 is 1. The van der Waals surface area contributed by atoms with Crippen molar-refractivity contribution in [3.63, 3.8) is 0 Å². The number of hydrogen-bond acceptors (Lipinski definition) is 9. The Morgan fingerprint density at radius 2 is 1.66 bits per heavy atom. The number of likely N-dealkylation sites (N-methyl/N-ethyl adjacent to an activating group) is 1. The fourth-order valence-electron chi connectivity index (χ4n) is 7.27. The first-order chi connectivity index (χ1) is 25.3. The summed E-state index contributed by atoms with van der Waals surface area (Å²) in [7, 11) is 3.17. The van der Waals surface area contributed by atoms with Crippen LogP contribution in [0.1, 0.15) is 133 Å². The van der Waals surface area contributed by atoms with Crippen LogP contribution in [0.5, 0.6) is 0 Å². The third-order valence-corrected chi connectivity index (χ3v) is 11.7. The number of benzene rings is 1. The zero-order valence-electron chi connectivity index (χ0n) is 33.7. The van der Waals surface area contributed by atoms with E-state index in [1.807, 2.05) is 56.9 Å². The summed E-state index contributed by atoms with van der Waals surface area (Å²) in [6.45, 7) is 17.5. The summed E-state index contributed by atoms with van der Waals surface area (Å²) in [6.07, 6.45) is 4.23. The molecule has 296 valence electrons. The molecule has 1 aliphatic rings. The van der Waals surface area contributed by atoms with Gasteiger partial charge < -0.3 is 30.3 Å². The molecule has 0 unspecified atom stereocenters. The van der Waals surface area contributed by atoms with Gasteiger partial charge in [-0.05, 0) is 61.6 Å². The fraction of sp³-hybridized carbons (Fsp3) is 0.683.